The van der Waals surface area contributed by atoms with E-state index in [-0.39, 0.29) is 23.9 Å². The van der Waals surface area contributed by atoms with Crippen molar-refractivity contribution in [2.45, 2.75) is 32.9 Å². The Morgan fingerprint density at radius 3 is 2.50 bits per heavy atom. The highest BCUT2D eigenvalue weighted by atomic mass is 35.5. The SMILES string of the molecule is Cc1nn(CCCNC(=O)CCn2cc(Cl)c([N+](=O)[O-])n2)cc1Cl. The standard InChI is InChI=1S/C13H16Cl2N6O3/c1-9-10(14)7-19(17-9)5-2-4-16-12(22)3-6-20-8-11(15)13(18-20)21(23)24/h7-8H,2-6H2,1H3,(H,16,22). The lowest BCUT2D eigenvalue weighted by Gasteiger charge is -2.05. The minimum Gasteiger partial charge on any atom is -0.358 e. The van der Waals surface area contributed by atoms with Crippen LogP contribution in [0.3, 0.4) is 0 Å². The lowest BCUT2D eigenvalue weighted by molar-refractivity contribution is -0.389. The van der Waals surface area contributed by atoms with E-state index in [1.54, 1.807) is 10.9 Å². The fourth-order valence-electron chi connectivity index (χ4n) is 2.01. The maximum Gasteiger partial charge on any atom is 0.408 e. The second-order valence-corrected chi connectivity index (χ2v) is 5.91. The first-order chi connectivity index (χ1) is 11.4. The van der Waals surface area contributed by atoms with Gasteiger partial charge in [0.1, 0.15) is 0 Å². The molecule has 1 N–H and O–H groups in total. The molecule has 2 aromatic heterocycles. The molecule has 9 nitrogen and oxygen atoms in total. The summed E-state index contributed by atoms with van der Waals surface area (Å²) in [5.41, 5.74) is 0.771. The van der Waals surface area contributed by atoms with Crippen LogP contribution in [0.25, 0.3) is 0 Å². The van der Waals surface area contributed by atoms with Crippen LogP contribution in [0.5, 0.6) is 0 Å². The average molecular weight is 375 g/mol. The summed E-state index contributed by atoms with van der Waals surface area (Å²) >= 11 is 11.6. The van der Waals surface area contributed by atoms with Gasteiger partial charge in [0.2, 0.25) is 5.91 Å². The largest absolute Gasteiger partial charge is 0.408 e. The van der Waals surface area contributed by atoms with E-state index in [1.165, 1.54) is 10.9 Å². The van der Waals surface area contributed by atoms with Crippen LogP contribution in [-0.2, 0) is 17.9 Å². The second kappa shape index (κ2) is 8.11. The van der Waals surface area contributed by atoms with Crippen LogP contribution in [0.1, 0.15) is 18.5 Å². The minimum absolute atomic E-state index is 0.0476. The molecule has 0 spiro atoms. The molecular weight excluding hydrogens is 359 g/mol. The van der Waals surface area contributed by atoms with Crippen LogP contribution in [0.15, 0.2) is 12.4 Å². The van der Waals surface area contributed by atoms with E-state index >= 15 is 0 Å². The van der Waals surface area contributed by atoms with Gasteiger partial charge in [0.15, 0.2) is 5.02 Å². The van der Waals surface area contributed by atoms with Crippen LogP contribution in [-0.4, -0.2) is 36.9 Å². The lowest BCUT2D eigenvalue weighted by atomic mass is 10.3. The number of carbonyl (C=O) groups excluding carboxylic acids is 1. The molecule has 11 heteroatoms. The predicted octanol–water partition coefficient (Wildman–Crippen LogP) is 2.20. The van der Waals surface area contributed by atoms with Gasteiger partial charge in [0.05, 0.1) is 28.6 Å². The molecule has 24 heavy (non-hydrogen) atoms. The number of nitrogens with one attached hydrogen (secondary N) is 1. The van der Waals surface area contributed by atoms with E-state index in [1.807, 2.05) is 6.92 Å². The van der Waals surface area contributed by atoms with E-state index in [2.05, 4.69) is 15.5 Å². The number of aryl methyl sites for hydroxylation is 3. The molecule has 0 aliphatic rings. The molecule has 0 unspecified atom stereocenters. The third-order valence-electron chi connectivity index (χ3n) is 3.21. The van der Waals surface area contributed by atoms with Gasteiger partial charge < -0.3 is 15.4 Å². The van der Waals surface area contributed by atoms with E-state index in [0.717, 1.165) is 5.69 Å². The molecule has 130 valence electrons. The molecule has 0 aromatic carbocycles. The van der Waals surface area contributed by atoms with Gasteiger partial charge in [-0.25, -0.2) is 0 Å². The van der Waals surface area contributed by atoms with Crippen LogP contribution >= 0.6 is 23.2 Å². The number of hydrogen-bond donors (Lipinski definition) is 1. The van der Waals surface area contributed by atoms with Crippen molar-refractivity contribution in [3.05, 3.63) is 38.2 Å². The third-order valence-corrected chi connectivity index (χ3v) is 3.85. The first-order valence-electron chi connectivity index (χ1n) is 7.20. The van der Waals surface area contributed by atoms with Gasteiger partial charge in [-0.05, 0) is 18.3 Å². The molecule has 0 radical (unpaired) electrons. The van der Waals surface area contributed by atoms with Crippen molar-refractivity contribution < 1.29 is 9.72 Å². The summed E-state index contributed by atoms with van der Waals surface area (Å²) < 4.78 is 3.02. The Bertz CT molecular complexity index is 723. The predicted molar refractivity (Wildman–Crippen MR) is 88.1 cm³/mol. The summed E-state index contributed by atoms with van der Waals surface area (Å²) in [6, 6.07) is 0. The number of halogens is 2. The zero-order valence-electron chi connectivity index (χ0n) is 12.9. The highest BCUT2D eigenvalue weighted by molar-refractivity contribution is 6.32. The van der Waals surface area contributed by atoms with Gasteiger partial charge in [-0.15, -0.1) is 0 Å². The molecule has 0 aliphatic heterocycles. The normalized spacial score (nSPS) is 10.8. The molecule has 0 saturated heterocycles. The van der Waals surface area contributed by atoms with Crippen molar-refractivity contribution in [3.63, 3.8) is 0 Å². The molecule has 0 aliphatic carbocycles. The van der Waals surface area contributed by atoms with Gasteiger partial charge in [-0.3, -0.25) is 9.48 Å². The van der Waals surface area contributed by atoms with E-state index in [0.29, 0.717) is 24.5 Å². The summed E-state index contributed by atoms with van der Waals surface area (Å²) in [4.78, 5) is 21.7. The highest BCUT2D eigenvalue weighted by Crippen LogP contribution is 2.21. The molecule has 0 saturated carbocycles. The number of amides is 1. The van der Waals surface area contributed by atoms with Crippen molar-refractivity contribution in [3.8, 4) is 0 Å². The molecule has 2 rings (SSSR count). The molecule has 0 fully saturated rings. The lowest BCUT2D eigenvalue weighted by Crippen LogP contribution is -2.26. The molecule has 2 heterocycles. The molecule has 2 aromatic rings. The maximum absolute atomic E-state index is 11.7. The smallest absolute Gasteiger partial charge is 0.358 e. The van der Waals surface area contributed by atoms with E-state index < -0.39 is 10.7 Å². The third kappa shape index (κ3) is 4.93. The van der Waals surface area contributed by atoms with Crippen LogP contribution in [0, 0.1) is 17.0 Å². The molecule has 0 atom stereocenters. The molecular formula is C13H16Cl2N6O3. The van der Waals surface area contributed by atoms with E-state index in [4.69, 9.17) is 23.2 Å². The molecule has 0 bridgehead atoms. The van der Waals surface area contributed by atoms with Crippen molar-refractivity contribution >= 4 is 34.9 Å². The van der Waals surface area contributed by atoms with E-state index in [9.17, 15) is 14.9 Å². The average Bonchev–Trinajstić information content (AvgIpc) is 3.04. The summed E-state index contributed by atoms with van der Waals surface area (Å²) in [7, 11) is 0. The van der Waals surface area contributed by atoms with Gasteiger partial charge >= 0.3 is 5.82 Å². The van der Waals surface area contributed by atoms with Gasteiger partial charge in [0.25, 0.3) is 0 Å². The van der Waals surface area contributed by atoms with Gasteiger partial charge in [0, 0.05) is 25.7 Å². The summed E-state index contributed by atoms with van der Waals surface area (Å²) in [5, 5.41) is 21.9. The number of hydrogen-bond acceptors (Lipinski definition) is 5. The Labute approximate surface area is 147 Å². The monoisotopic (exact) mass is 374 g/mol. The van der Waals surface area contributed by atoms with Crippen molar-refractivity contribution in [2.75, 3.05) is 6.54 Å². The zero-order chi connectivity index (χ0) is 17.7. The molecule has 1 amide bonds. The number of rotatable bonds is 8. The first kappa shape index (κ1) is 18.2. The van der Waals surface area contributed by atoms with Crippen LogP contribution in [0.4, 0.5) is 5.82 Å². The number of nitro groups is 1. The Hall–Kier alpha value is -2.13. The minimum atomic E-state index is -0.665. The Kier molecular flexibility index (Phi) is 6.16. The maximum atomic E-state index is 11.7. The Balaban J connectivity index is 1.68. The Morgan fingerprint density at radius 1 is 1.25 bits per heavy atom. The number of aromatic nitrogens is 4. The number of carbonyl (C=O) groups is 1. The fourth-order valence-corrected chi connectivity index (χ4v) is 2.38. The van der Waals surface area contributed by atoms with Crippen LogP contribution < -0.4 is 5.32 Å². The quantitative estimate of drug-likeness (QED) is 0.432. The summed E-state index contributed by atoms with van der Waals surface area (Å²) in [5.74, 6) is -0.579. The van der Waals surface area contributed by atoms with Gasteiger partial charge in [-0.1, -0.05) is 23.2 Å². The van der Waals surface area contributed by atoms with Crippen molar-refractivity contribution in [2.24, 2.45) is 0 Å². The second-order valence-electron chi connectivity index (χ2n) is 5.10. The number of nitrogens with zero attached hydrogens (tertiary/aromatic N) is 5. The zero-order valence-corrected chi connectivity index (χ0v) is 14.4. The topological polar surface area (TPSA) is 108 Å². The summed E-state index contributed by atoms with van der Waals surface area (Å²) in [6.45, 7) is 3.18. The van der Waals surface area contributed by atoms with Crippen molar-refractivity contribution in [1.82, 2.24) is 24.9 Å². The highest BCUT2D eigenvalue weighted by Gasteiger charge is 2.19. The Morgan fingerprint density at radius 2 is 1.92 bits per heavy atom. The van der Waals surface area contributed by atoms with Crippen LogP contribution in [0.2, 0.25) is 10.0 Å². The first-order valence-corrected chi connectivity index (χ1v) is 7.96. The fraction of sp³-hybridized carbons (Fsp3) is 0.462. The van der Waals surface area contributed by atoms with Gasteiger partial charge in [-0.2, -0.15) is 9.78 Å². The summed E-state index contributed by atoms with van der Waals surface area (Å²) in [6.07, 6.45) is 3.94. The van der Waals surface area contributed by atoms with Crippen molar-refractivity contribution in [1.29, 1.82) is 0 Å².